The lowest BCUT2D eigenvalue weighted by Gasteiger charge is -2.19. The van der Waals surface area contributed by atoms with Crippen molar-refractivity contribution in [3.63, 3.8) is 0 Å². The van der Waals surface area contributed by atoms with Gasteiger partial charge in [-0.15, -0.1) is 22.7 Å². The van der Waals surface area contributed by atoms with Crippen LogP contribution in [0.3, 0.4) is 0 Å². The lowest BCUT2D eigenvalue weighted by atomic mass is 9.84. The second kappa shape index (κ2) is 9.98. The number of thiophene rings is 2. The molecule has 0 aliphatic rings. The van der Waals surface area contributed by atoms with E-state index in [0.29, 0.717) is 0 Å². The Labute approximate surface area is 284 Å². The van der Waals surface area contributed by atoms with Crippen molar-refractivity contribution >= 4 is 106 Å². The lowest BCUT2D eigenvalue weighted by Crippen LogP contribution is -1.92. The van der Waals surface area contributed by atoms with Crippen molar-refractivity contribution in [2.24, 2.45) is 0 Å². The quantitative estimate of drug-likeness (QED) is 0.165. The molecule has 0 bridgehead atoms. The van der Waals surface area contributed by atoms with E-state index < -0.39 is 0 Å². The Morgan fingerprint density at radius 1 is 0.292 bits per heavy atom. The smallest absolute Gasteiger partial charge is 0.0440 e. The molecule has 222 valence electrons. The van der Waals surface area contributed by atoms with Crippen molar-refractivity contribution in [1.29, 1.82) is 0 Å². The van der Waals surface area contributed by atoms with Crippen molar-refractivity contribution in [1.82, 2.24) is 0 Å². The van der Waals surface area contributed by atoms with Gasteiger partial charge in [0, 0.05) is 51.3 Å². The molecule has 48 heavy (non-hydrogen) atoms. The van der Waals surface area contributed by atoms with Gasteiger partial charge in [0.25, 0.3) is 0 Å². The third-order valence-electron chi connectivity index (χ3n) is 10.2. The van der Waals surface area contributed by atoms with Crippen molar-refractivity contribution in [3.8, 4) is 22.3 Å². The summed E-state index contributed by atoms with van der Waals surface area (Å²) in [6.07, 6.45) is 0. The Morgan fingerprint density at radius 3 is 1.50 bits per heavy atom. The van der Waals surface area contributed by atoms with Gasteiger partial charge in [-0.1, -0.05) is 133 Å². The van der Waals surface area contributed by atoms with Crippen molar-refractivity contribution in [2.75, 3.05) is 0 Å². The highest BCUT2D eigenvalue weighted by molar-refractivity contribution is 7.27. The molecule has 2 heterocycles. The topological polar surface area (TPSA) is 0 Å². The third kappa shape index (κ3) is 3.59. The van der Waals surface area contributed by atoms with Gasteiger partial charge in [-0.3, -0.25) is 0 Å². The van der Waals surface area contributed by atoms with Crippen LogP contribution < -0.4 is 0 Å². The van der Waals surface area contributed by atoms with Gasteiger partial charge in [0.15, 0.2) is 0 Å². The summed E-state index contributed by atoms with van der Waals surface area (Å²) >= 11 is 3.84. The van der Waals surface area contributed by atoms with Crippen LogP contribution in [0.25, 0.3) is 106 Å². The molecule has 0 N–H and O–H groups in total. The predicted octanol–water partition coefficient (Wildman–Crippen LogP) is 14.4. The summed E-state index contributed by atoms with van der Waals surface area (Å²) < 4.78 is 5.39. The highest BCUT2D eigenvalue weighted by atomic mass is 32.1. The molecule has 11 rings (SSSR count). The molecule has 0 fully saturated rings. The van der Waals surface area contributed by atoms with Crippen molar-refractivity contribution in [2.45, 2.75) is 0 Å². The zero-order valence-corrected chi connectivity index (χ0v) is 27.5. The van der Waals surface area contributed by atoms with E-state index in [4.69, 9.17) is 0 Å². The van der Waals surface area contributed by atoms with E-state index in [1.807, 2.05) is 22.7 Å². The van der Waals surface area contributed by atoms with Gasteiger partial charge < -0.3 is 0 Å². The summed E-state index contributed by atoms with van der Waals surface area (Å²) in [5.41, 5.74) is 5.22. The summed E-state index contributed by atoms with van der Waals surface area (Å²) in [7, 11) is 0. The summed E-state index contributed by atoms with van der Waals surface area (Å²) in [5, 5.41) is 15.8. The maximum absolute atomic E-state index is 2.49. The van der Waals surface area contributed by atoms with Gasteiger partial charge >= 0.3 is 0 Å². The number of benzene rings is 9. The zero-order valence-electron chi connectivity index (χ0n) is 25.8. The van der Waals surface area contributed by atoms with E-state index in [0.717, 1.165) is 0 Å². The van der Waals surface area contributed by atoms with Gasteiger partial charge in [-0.25, -0.2) is 0 Å². The largest absolute Gasteiger partial charge is 0.135 e. The van der Waals surface area contributed by atoms with Gasteiger partial charge in [-0.2, -0.15) is 0 Å². The molecule has 0 unspecified atom stereocenters. The molecule has 0 amide bonds. The van der Waals surface area contributed by atoms with Crippen LogP contribution >= 0.6 is 22.7 Å². The van der Waals surface area contributed by atoms with E-state index in [1.165, 1.54) is 106 Å². The van der Waals surface area contributed by atoms with E-state index in [9.17, 15) is 0 Å². The third-order valence-corrected chi connectivity index (χ3v) is 12.6. The van der Waals surface area contributed by atoms with Crippen LogP contribution in [0.2, 0.25) is 0 Å². The Morgan fingerprint density at radius 2 is 0.812 bits per heavy atom. The normalized spacial score (nSPS) is 12.2. The van der Waals surface area contributed by atoms with Gasteiger partial charge in [0.1, 0.15) is 0 Å². The van der Waals surface area contributed by atoms with Crippen LogP contribution in [-0.2, 0) is 0 Å². The van der Waals surface area contributed by atoms with Crippen molar-refractivity contribution in [3.05, 3.63) is 158 Å². The molecular formula is C46H26S2. The SMILES string of the molecule is c1ccc2c(-c3c4ccccc4c(-c4cc5ccc6sc7ccccc7c6c5c5c4sc4ccccc45)c4ccccc34)cccc2c1. The number of hydrogen-bond acceptors (Lipinski definition) is 2. The summed E-state index contributed by atoms with van der Waals surface area (Å²) in [6, 6.07) is 58.7. The Bertz CT molecular complexity index is 3060. The fourth-order valence-corrected chi connectivity index (χ4v) is 10.6. The highest BCUT2D eigenvalue weighted by Gasteiger charge is 2.23. The number of hydrogen-bond donors (Lipinski definition) is 0. The molecular weight excluding hydrogens is 617 g/mol. The van der Waals surface area contributed by atoms with E-state index in [1.54, 1.807) is 0 Å². The average Bonchev–Trinajstić information content (AvgIpc) is 3.73. The maximum atomic E-state index is 2.49. The molecule has 0 nitrogen and oxygen atoms in total. The minimum atomic E-state index is 1.26. The van der Waals surface area contributed by atoms with Crippen LogP contribution in [-0.4, -0.2) is 0 Å². The first-order valence-corrected chi connectivity index (χ1v) is 18.1. The molecule has 0 atom stereocenters. The first-order valence-electron chi connectivity index (χ1n) is 16.4. The monoisotopic (exact) mass is 642 g/mol. The number of rotatable bonds is 2. The Hall–Kier alpha value is -5.54. The Balaban J connectivity index is 1.35. The zero-order chi connectivity index (χ0) is 31.3. The fraction of sp³-hybridized carbons (Fsp3) is 0. The molecule has 0 saturated heterocycles. The summed E-state index contributed by atoms with van der Waals surface area (Å²) in [4.78, 5) is 0. The standard InChI is InChI=1S/C46H26S2/c1-2-14-29-27(12-1)13-11-21-30(29)42-31-15-3-5-17-33(31)43(34-18-6-4-16-32(34)42)37-26-28-24-25-40-44(35-19-7-9-22-38(35)47-40)41(28)45-36-20-8-10-23-39(36)48-46(37)45/h1-26H. The predicted molar refractivity (Wildman–Crippen MR) is 213 cm³/mol. The van der Waals surface area contributed by atoms with Gasteiger partial charge in [0.05, 0.1) is 0 Å². The van der Waals surface area contributed by atoms with Gasteiger partial charge in [-0.05, 0) is 78.7 Å². The minimum absolute atomic E-state index is 1.26. The second-order valence-electron chi connectivity index (χ2n) is 12.7. The average molecular weight is 643 g/mol. The molecule has 0 aliphatic carbocycles. The van der Waals surface area contributed by atoms with E-state index in [2.05, 4.69) is 158 Å². The molecule has 0 radical (unpaired) electrons. The minimum Gasteiger partial charge on any atom is -0.135 e. The second-order valence-corrected chi connectivity index (χ2v) is 14.9. The van der Waals surface area contributed by atoms with Crippen LogP contribution in [0, 0.1) is 0 Å². The highest BCUT2D eigenvalue weighted by Crippen LogP contribution is 2.52. The maximum Gasteiger partial charge on any atom is 0.0440 e. The van der Waals surface area contributed by atoms with E-state index in [-0.39, 0.29) is 0 Å². The molecule has 2 aromatic heterocycles. The van der Waals surface area contributed by atoms with Crippen molar-refractivity contribution < 1.29 is 0 Å². The van der Waals surface area contributed by atoms with Crippen LogP contribution in [0.15, 0.2) is 158 Å². The molecule has 0 aliphatic heterocycles. The Kier molecular flexibility index (Phi) is 5.51. The van der Waals surface area contributed by atoms with Crippen LogP contribution in [0.5, 0.6) is 0 Å². The molecule has 11 aromatic rings. The number of fused-ring (bicyclic) bond motifs is 12. The molecule has 9 aromatic carbocycles. The first-order chi connectivity index (χ1) is 23.8. The van der Waals surface area contributed by atoms with Crippen LogP contribution in [0.4, 0.5) is 0 Å². The summed E-state index contributed by atoms with van der Waals surface area (Å²) in [5.74, 6) is 0. The summed E-state index contributed by atoms with van der Waals surface area (Å²) in [6.45, 7) is 0. The molecule has 2 heteroatoms. The van der Waals surface area contributed by atoms with E-state index >= 15 is 0 Å². The lowest BCUT2D eigenvalue weighted by molar-refractivity contribution is 1.70. The molecule has 0 saturated carbocycles. The fourth-order valence-electron chi connectivity index (χ4n) is 8.26. The molecule has 0 spiro atoms. The first kappa shape index (κ1) is 26.5. The van der Waals surface area contributed by atoms with Gasteiger partial charge in [0.2, 0.25) is 0 Å². The van der Waals surface area contributed by atoms with Crippen LogP contribution in [0.1, 0.15) is 0 Å².